The first-order valence-corrected chi connectivity index (χ1v) is 9.32. The number of hydrogen-bond acceptors (Lipinski definition) is 1. The summed E-state index contributed by atoms with van der Waals surface area (Å²) in [6.07, 6.45) is 1.88. The summed E-state index contributed by atoms with van der Waals surface area (Å²) in [5.74, 6) is 0. The molecule has 0 aliphatic rings. The largest absolute Gasteiger partial charge is 0.256 e. The smallest absolute Gasteiger partial charge is 0.0704 e. The molecule has 0 bridgehead atoms. The van der Waals surface area contributed by atoms with Gasteiger partial charge < -0.3 is 0 Å². The Morgan fingerprint density at radius 1 is 0.556 bits per heavy atom. The van der Waals surface area contributed by atoms with E-state index in [4.69, 9.17) is 0 Å². The van der Waals surface area contributed by atoms with Crippen LogP contribution in [0.3, 0.4) is 0 Å². The number of benzene rings is 3. The van der Waals surface area contributed by atoms with E-state index in [1.54, 1.807) is 0 Å². The van der Waals surface area contributed by atoms with Crippen molar-refractivity contribution in [3.63, 3.8) is 0 Å². The van der Waals surface area contributed by atoms with Crippen molar-refractivity contribution in [3.8, 4) is 33.5 Å². The van der Waals surface area contributed by atoms with Gasteiger partial charge in [0.1, 0.15) is 0 Å². The predicted octanol–water partition coefficient (Wildman–Crippen LogP) is 7.01. The zero-order valence-electron chi connectivity index (χ0n) is 16.0. The van der Waals surface area contributed by atoms with Gasteiger partial charge in [0.25, 0.3) is 0 Å². The van der Waals surface area contributed by atoms with Crippen molar-refractivity contribution in [1.29, 1.82) is 0 Å². The van der Waals surface area contributed by atoms with Gasteiger partial charge in [-0.25, -0.2) is 0 Å². The van der Waals surface area contributed by atoms with Crippen LogP contribution in [-0.2, 0) is 0 Å². The van der Waals surface area contributed by atoms with Crippen LogP contribution in [0, 0.1) is 20.8 Å². The zero-order valence-corrected chi connectivity index (χ0v) is 16.0. The molecule has 1 heteroatoms. The van der Waals surface area contributed by atoms with Gasteiger partial charge >= 0.3 is 0 Å². The average molecular weight is 349 g/mol. The van der Waals surface area contributed by atoms with Crippen molar-refractivity contribution in [1.82, 2.24) is 4.98 Å². The summed E-state index contributed by atoms with van der Waals surface area (Å²) in [6.45, 7) is 6.42. The Balaban J connectivity index is 1.96. The lowest BCUT2D eigenvalue weighted by atomic mass is 9.89. The van der Waals surface area contributed by atoms with Crippen LogP contribution in [0.4, 0.5) is 0 Å². The Labute approximate surface area is 161 Å². The van der Waals surface area contributed by atoms with Gasteiger partial charge in [-0.15, -0.1) is 0 Å². The molecule has 0 spiro atoms. The molecule has 0 aliphatic carbocycles. The minimum Gasteiger partial charge on any atom is -0.256 e. The van der Waals surface area contributed by atoms with E-state index in [0.717, 1.165) is 11.3 Å². The molecule has 0 aliphatic heterocycles. The summed E-state index contributed by atoms with van der Waals surface area (Å²) in [5.41, 5.74) is 11.0. The fraction of sp³-hybridized carbons (Fsp3) is 0.115. The monoisotopic (exact) mass is 349 g/mol. The van der Waals surface area contributed by atoms with Crippen molar-refractivity contribution < 1.29 is 0 Å². The Morgan fingerprint density at radius 2 is 1.37 bits per heavy atom. The molecule has 0 unspecified atom stereocenters. The molecule has 0 N–H and O–H groups in total. The van der Waals surface area contributed by atoms with Crippen LogP contribution in [0.1, 0.15) is 16.7 Å². The molecule has 27 heavy (non-hydrogen) atoms. The summed E-state index contributed by atoms with van der Waals surface area (Å²) in [4.78, 5) is 4.58. The maximum absolute atomic E-state index is 4.58. The molecular formula is C26H23N. The third-order valence-electron chi connectivity index (χ3n) is 5.00. The first-order valence-electron chi connectivity index (χ1n) is 9.32. The van der Waals surface area contributed by atoms with Crippen LogP contribution in [0.15, 0.2) is 85.1 Å². The third kappa shape index (κ3) is 3.54. The molecule has 0 atom stereocenters. The second-order valence-electron chi connectivity index (χ2n) is 7.16. The van der Waals surface area contributed by atoms with Crippen LogP contribution in [-0.4, -0.2) is 4.98 Å². The van der Waals surface area contributed by atoms with Crippen LogP contribution in [0.5, 0.6) is 0 Å². The van der Waals surface area contributed by atoms with Gasteiger partial charge in [-0.1, -0.05) is 66.2 Å². The number of aryl methyl sites for hydroxylation is 3. The lowest BCUT2D eigenvalue weighted by molar-refractivity contribution is 1.29. The van der Waals surface area contributed by atoms with E-state index >= 15 is 0 Å². The summed E-state index contributed by atoms with van der Waals surface area (Å²) in [7, 11) is 0. The van der Waals surface area contributed by atoms with Crippen LogP contribution in [0.25, 0.3) is 33.5 Å². The molecule has 1 aromatic heterocycles. The fourth-order valence-corrected chi connectivity index (χ4v) is 3.56. The molecule has 1 heterocycles. The van der Waals surface area contributed by atoms with Gasteiger partial charge in [0.15, 0.2) is 0 Å². The van der Waals surface area contributed by atoms with Gasteiger partial charge in [0, 0.05) is 11.8 Å². The number of nitrogens with zero attached hydrogens (tertiary/aromatic N) is 1. The quantitative estimate of drug-likeness (QED) is 0.388. The van der Waals surface area contributed by atoms with E-state index in [9.17, 15) is 0 Å². The summed E-state index contributed by atoms with van der Waals surface area (Å²) < 4.78 is 0. The standard InChI is InChI=1S/C26H23N/c1-18-7-6-9-21(15-18)24-12-11-22(26-16-19(2)13-14-27-26)17-25(24)23-10-5-4-8-20(23)3/h4-17H,1-3H3. The van der Waals surface area contributed by atoms with Gasteiger partial charge in [0.2, 0.25) is 0 Å². The number of rotatable bonds is 3. The summed E-state index contributed by atoms with van der Waals surface area (Å²) in [6, 6.07) is 28.2. The molecule has 3 aromatic carbocycles. The molecule has 0 radical (unpaired) electrons. The van der Waals surface area contributed by atoms with Gasteiger partial charge in [-0.2, -0.15) is 0 Å². The van der Waals surface area contributed by atoms with E-state index in [1.807, 2.05) is 12.3 Å². The molecule has 4 rings (SSSR count). The van der Waals surface area contributed by atoms with Crippen LogP contribution in [0.2, 0.25) is 0 Å². The summed E-state index contributed by atoms with van der Waals surface area (Å²) >= 11 is 0. The van der Waals surface area contributed by atoms with E-state index in [-0.39, 0.29) is 0 Å². The SMILES string of the molecule is Cc1cccc(-c2ccc(-c3cc(C)ccn3)cc2-c2ccccc2C)c1. The van der Waals surface area contributed by atoms with Gasteiger partial charge in [0.05, 0.1) is 5.69 Å². The maximum Gasteiger partial charge on any atom is 0.0704 e. The van der Waals surface area contributed by atoms with Crippen molar-refractivity contribution >= 4 is 0 Å². The van der Waals surface area contributed by atoms with Gasteiger partial charge in [-0.05, 0) is 72.4 Å². The van der Waals surface area contributed by atoms with Gasteiger partial charge in [-0.3, -0.25) is 4.98 Å². The Kier molecular flexibility index (Phi) is 4.60. The Hall–Kier alpha value is -3.19. The molecule has 0 amide bonds. The van der Waals surface area contributed by atoms with E-state index < -0.39 is 0 Å². The molecule has 0 saturated carbocycles. The average Bonchev–Trinajstić information content (AvgIpc) is 2.68. The fourth-order valence-electron chi connectivity index (χ4n) is 3.56. The minimum atomic E-state index is 1.01. The third-order valence-corrected chi connectivity index (χ3v) is 5.00. The lowest BCUT2D eigenvalue weighted by Crippen LogP contribution is -1.91. The van der Waals surface area contributed by atoms with E-state index in [0.29, 0.717) is 0 Å². The molecule has 1 nitrogen and oxygen atoms in total. The topological polar surface area (TPSA) is 12.9 Å². The molecule has 0 fully saturated rings. The predicted molar refractivity (Wildman–Crippen MR) is 115 cm³/mol. The Morgan fingerprint density at radius 3 is 2.15 bits per heavy atom. The highest BCUT2D eigenvalue weighted by molar-refractivity contribution is 5.88. The lowest BCUT2D eigenvalue weighted by Gasteiger charge is -2.15. The van der Waals surface area contributed by atoms with Crippen LogP contribution < -0.4 is 0 Å². The van der Waals surface area contributed by atoms with Crippen molar-refractivity contribution in [2.24, 2.45) is 0 Å². The van der Waals surface area contributed by atoms with E-state index in [2.05, 4.69) is 98.6 Å². The first kappa shape index (κ1) is 17.2. The molecular weight excluding hydrogens is 326 g/mol. The van der Waals surface area contributed by atoms with Crippen LogP contribution >= 0.6 is 0 Å². The first-order chi connectivity index (χ1) is 13.1. The normalized spacial score (nSPS) is 10.8. The zero-order chi connectivity index (χ0) is 18.8. The number of hydrogen-bond donors (Lipinski definition) is 0. The highest BCUT2D eigenvalue weighted by Gasteiger charge is 2.12. The second kappa shape index (κ2) is 7.20. The number of aromatic nitrogens is 1. The Bertz CT molecular complexity index is 1110. The van der Waals surface area contributed by atoms with Crippen molar-refractivity contribution in [2.75, 3.05) is 0 Å². The second-order valence-corrected chi connectivity index (χ2v) is 7.16. The maximum atomic E-state index is 4.58. The molecule has 132 valence electrons. The molecule has 4 aromatic rings. The summed E-state index contributed by atoms with van der Waals surface area (Å²) in [5, 5.41) is 0. The minimum absolute atomic E-state index is 1.01. The highest BCUT2D eigenvalue weighted by Crippen LogP contribution is 2.37. The van der Waals surface area contributed by atoms with E-state index in [1.165, 1.54) is 38.9 Å². The van der Waals surface area contributed by atoms with Crippen molar-refractivity contribution in [3.05, 3.63) is 102 Å². The number of pyridine rings is 1. The highest BCUT2D eigenvalue weighted by atomic mass is 14.7. The molecule has 0 saturated heterocycles. The van der Waals surface area contributed by atoms with Crippen molar-refractivity contribution in [2.45, 2.75) is 20.8 Å².